The van der Waals surface area contributed by atoms with Gasteiger partial charge in [-0.05, 0) is 29.5 Å². The van der Waals surface area contributed by atoms with Crippen molar-refractivity contribution in [3.8, 4) is 0 Å². The van der Waals surface area contributed by atoms with Gasteiger partial charge in [-0.25, -0.2) is 0 Å². The first-order chi connectivity index (χ1) is 7.70. The maximum atomic E-state index is 4.28. The summed E-state index contributed by atoms with van der Waals surface area (Å²) in [5.74, 6) is 1.50. The largest absolute Gasteiger partial charge is 0.367 e. The summed E-state index contributed by atoms with van der Waals surface area (Å²) in [4.78, 5) is 2.43. The maximum absolute atomic E-state index is 4.28. The van der Waals surface area contributed by atoms with Crippen molar-refractivity contribution in [3.05, 3.63) is 42.0 Å². The summed E-state index contributed by atoms with van der Waals surface area (Å²) in [6.45, 7) is 8.42. The van der Waals surface area contributed by atoms with Gasteiger partial charge in [0.15, 0.2) is 0 Å². The van der Waals surface area contributed by atoms with Gasteiger partial charge in [-0.2, -0.15) is 12.6 Å². The summed E-state index contributed by atoms with van der Waals surface area (Å²) in [5.41, 5.74) is 4.03. The first-order valence-electron chi connectivity index (χ1n) is 5.81. The Morgan fingerprint density at radius 2 is 2.25 bits per heavy atom. The second kappa shape index (κ2) is 4.96. The topological polar surface area (TPSA) is 3.24 Å². The van der Waals surface area contributed by atoms with Crippen LogP contribution in [0.1, 0.15) is 12.5 Å². The van der Waals surface area contributed by atoms with Crippen LogP contribution in [0.3, 0.4) is 0 Å². The number of hydrogen-bond acceptors (Lipinski definition) is 2. The molecular weight excluding hydrogens is 214 g/mol. The van der Waals surface area contributed by atoms with Crippen LogP contribution in [-0.4, -0.2) is 18.8 Å². The van der Waals surface area contributed by atoms with Crippen LogP contribution in [0, 0.1) is 5.92 Å². The van der Waals surface area contributed by atoms with Gasteiger partial charge >= 0.3 is 0 Å². The molecule has 1 atom stereocenters. The van der Waals surface area contributed by atoms with Crippen LogP contribution < -0.4 is 4.90 Å². The van der Waals surface area contributed by atoms with E-state index in [2.05, 4.69) is 55.3 Å². The van der Waals surface area contributed by atoms with Crippen LogP contribution >= 0.6 is 12.6 Å². The molecule has 0 spiro atoms. The number of thiol groups is 1. The van der Waals surface area contributed by atoms with Crippen LogP contribution in [-0.2, 0) is 6.42 Å². The normalized spacial score (nSPS) is 19.4. The zero-order chi connectivity index (χ0) is 11.5. The van der Waals surface area contributed by atoms with Crippen molar-refractivity contribution in [1.82, 2.24) is 0 Å². The molecule has 0 amide bonds. The van der Waals surface area contributed by atoms with Crippen molar-refractivity contribution in [2.45, 2.75) is 13.3 Å². The molecule has 1 nitrogen and oxygen atoms in total. The standard InChI is InChI=1S/C14H19NS/c1-11-7-13-5-3-4-6-14(13)15(8-11)9-12(2)10-16/h3-6,11,16H,2,7-10H2,1H3. The number of hydrogen-bond donors (Lipinski definition) is 1. The highest BCUT2D eigenvalue weighted by atomic mass is 32.1. The molecule has 0 saturated heterocycles. The lowest BCUT2D eigenvalue weighted by molar-refractivity contribution is 0.540. The monoisotopic (exact) mass is 233 g/mol. The van der Waals surface area contributed by atoms with Gasteiger partial charge in [-0.3, -0.25) is 0 Å². The third-order valence-electron chi connectivity index (χ3n) is 3.07. The predicted octanol–water partition coefficient (Wildman–Crippen LogP) is 3.17. The lowest BCUT2D eigenvalue weighted by Gasteiger charge is -2.35. The summed E-state index contributed by atoms with van der Waals surface area (Å²) in [6.07, 6.45) is 1.19. The zero-order valence-electron chi connectivity index (χ0n) is 9.82. The highest BCUT2D eigenvalue weighted by molar-refractivity contribution is 7.80. The van der Waals surface area contributed by atoms with E-state index in [1.807, 2.05) is 0 Å². The fraction of sp³-hybridized carbons (Fsp3) is 0.429. The van der Waals surface area contributed by atoms with Crippen LogP contribution in [0.25, 0.3) is 0 Å². The number of para-hydroxylation sites is 1. The Kier molecular flexibility index (Phi) is 3.59. The Labute approximate surface area is 104 Å². The predicted molar refractivity (Wildman–Crippen MR) is 74.5 cm³/mol. The van der Waals surface area contributed by atoms with E-state index in [4.69, 9.17) is 0 Å². The van der Waals surface area contributed by atoms with Gasteiger partial charge in [0.1, 0.15) is 0 Å². The van der Waals surface area contributed by atoms with Crippen molar-refractivity contribution in [2.24, 2.45) is 5.92 Å². The van der Waals surface area contributed by atoms with E-state index in [0.717, 1.165) is 24.8 Å². The molecule has 1 aromatic rings. The molecule has 2 rings (SSSR count). The van der Waals surface area contributed by atoms with Crippen molar-refractivity contribution in [3.63, 3.8) is 0 Å². The number of benzene rings is 1. The van der Waals surface area contributed by atoms with Gasteiger partial charge < -0.3 is 4.90 Å². The first kappa shape index (κ1) is 11.6. The summed E-state index contributed by atoms with van der Waals surface area (Å²) in [6, 6.07) is 8.70. The Balaban J connectivity index is 2.23. The lowest BCUT2D eigenvalue weighted by atomic mass is 9.93. The minimum absolute atomic E-state index is 0.725. The molecule has 1 unspecified atom stereocenters. The summed E-state index contributed by atoms with van der Waals surface area (Å²) >= 11 is 4.28. The smallest absolute Gasteiger partial charge is 0.0401 e. The SMILES string of the molecule is C=C(CS)CN1CC(C)Cc2ccccc21. The zero-order valence-corrected chi connectivity index (χ0v) is 10.7. The average Bonchev–Trinajstić information content (AvgIpc) is 2.28. The van der Waals surface area contributed by atoms with Crippen molar-refractivity contribution < 1.29 is 0 Å². The molecule has 1 aliphatic heterocycles. The van der Waals surface area contributed by atoms with Crippen LogP contribution in [0.5, 0.6) is 0 Å². The molecule has 0 bridgehead atoms. The van der Waals surface area contributed by atoms with E-state index in [0.29, 0.717) is 0 Å². The first-order valence-corrected chi connectivity index (χ1v) is 6.44. The van der Waals surface area contributed by atoms with Crippen LogP contribution in [0.2, 0.25) is 0 Å². The molecule has 0 saturated carbocycles. The number of fused-ring (bicyclic) bond motifs is 1. The quantitative estimate of drug-likeness (QED) is 0.620. The van der Waals surface area contributed by atoms with E-state index < -0.39 is 0 Å². The average molecular weight is 233 g/mol. The fourth-order valence-corrected chi connectivity index (χ4v) is 2.48. The van der Waals surface area contributed by atoms with Crippen molar-refractivity contribution in [2.75, 3.05) is 23.7 Å². The molecule has 86 valence electrons. The van der Waals surface area contributed by atoms with Gasteiger partial charge in [-0.1, -0.05) is 31.7 Å². The summed E-state index contributed by atoms with van der Waals surface area (Å²) in [7, 11) is 0. The second-order valence-electron chi connectivity index (χ2n) is 4.73. The second-order valence-corrected chi connectivity index (χ2v) is 5.04. The van der Waals surface area contributed by atoms with Crippen LogP contribution in [0.15, 0.2) is 36.4 Å². The molecule has 1 heterocycles. The molecule has 0 fully saturated rings. The Bertz CT molecular complexity index is 386. The third kappa shape index (κ3) is 2.43. The summed E-state index contributed by atoms with van der Waals surface area (Å²) < 4.78 is 0. The molecule has 0 aliphatic carbocycles. The highest BCUT2D eigenvalue weighted by Crippen LogP contribution is 2.29. The van der Waals surface area contributed by atoms with Gasteiger partial charge in [0.25, 0.3) is 0 Å². The van der Waals surface area contributed by atoms with E-state index in [1.54, 1.807) is 0 Å². The van der Waals surface area contributed by atoms with E-state index in [1.165, 1.54) is 23.2 Å². The molecule has 1 aromatic carbocycles. The van der Waals surface area contributed by atoms with Gasteiger partial charge in [0.2, 0.25) is 0 Å². The maximum Gasteiger partial charge on any atom is 0.0401 e. The van der Waals surface area contributed by atoms with Crippen LogP contribution in [0.4, 0.5) is 5.69 Å². The molecule has 1 aliphatic rings. The molecule has 0 aromatic heterocycles. The Morgan fingerprint density at radius 1 is 1.50 bits per heavy atom. The third-order valence-corrected chi connectivity index (χ3v) is 3.52. The van der Waals surface area contributed by atoms with E-state index >= 15 is 0 Å². The Morgan fingerprint density at radius 3 is 3.00 bits per heavy atom. The van der Waals surface area contributed by atoms with Gasteiger partial charge in [-0.15, -0.1) is 0 Å². The van der Waals surface area contributed by atoms with E-state index in [9.17, 15) is 0 Å². The number of anilines is 1. The molecule has 16 heavy (non-hydrogen) atoms. The number of rotatable bonds is 3. The summed E-state index contributed by atoms with van der Waals surface area (Å²) in [5, 5.41) is 0. The molecule has 0 N–H and O–H groups in total. The lowest BCUT2D eigenvalue weighted by Crippen LogP contribution is -2.35. The fourth-order valence-electron chi connectivity index (χ4n) is 2.38. The molecular formula is C14H19NS. The Hall–Kier alpha value is -0.890. The van der Waals surface area contributed by atoms with E-state index in [-0.39, 0.29) is 0 Å². The highest BCUT2D eigenvalue weighted by Gasteiger charge is 2.21. The van der Waals surface area contributed by atoms with Crippen molar-refractivity contribution in [1.29, 1.82) is 0 Å². The van der Waals surface area contributed by atoms with Gasteiger partial charge in [0.05, 0.1) is 0 Å². The number of nitrogens with zero attached hydrogens (tertiary/aromatic N) is 1. The molecule has 2 heteroatoms. The molecule has 0 radical (unpaired) electrons. The minimum Gasteiger partial charge on any atom is -0.367 e. The minimum atomic E-state index is 0.725. The van der Waals surface area contributed by atoms with Crippen molar-refractivity contribution >= 4 is 18.3 Å². The van der Waals surface area contributed by atoms with Gasteiger partial charge in [0, 0.05) is 24.5 Å².